The van der Waals surface area contributed by atoms with Crippen LogP contribution in [0.5, 0.6) is 5.75 Å². The lowest BCUT2D eigenvalue weighted by molar-refractivity contribution is 0.221. The summed E-state index contributed by atoms with van der Waals surface area (Å²) in [6.07, 6.45) is 3.99. The van der Waals surface area contributed by atoms with Crippen LogP contribution < -0.4 is 15.4 Å². The predicted octanol–water partition coefficient (Wildman–Crippen LogP) is 2.96. The average Bonchev–Trinajstić information content (AvgIpc) is 2.65. The van der Waals surface area contributed by atoms with Crippen LogP contribution in [0.15, 0.2) is 54.1 Å². The molecule has 0 saturated carbocycles. The molecule has 1 fully saturated rings. The third-order valence-corrected chi connectivity index (χ3v) is 4.42. The Morgan fingerprint density at radius 1 is 1.35 bits per heavy atom. The van der Waals surface area contributed by atoms with Crippen LogP contribution in [-0.2, 0) is 6.54 Å². The summed E-state index contributed by atoms with van der Waals surface area (Å²) in [5.41, 5.74) is 2.33. The van der Waals surface area contributed by atoms with Gasteiger partial charge in [-0.3, -0.25) is 9.89 Å². The highest BCUT2D eigenvalue weighted by Crippen LogP contribution is 2.17. The van der Waals surface area contributed by atoms with Crippen molar-refractivity contribution in [3.05, 3.63) is 54.6 Å². The van der Waals surface area contributed by atoms with E-state index in [-0.39, 0.29) is 0 Å². The van der Waals surface area contributed by atoms with Crippen LogP contribution in [0.2, 0.25) is 0 Å². The topological polar surface area (TPSA) is 48.9 Å². The molecule has 0 amide bonds. The zero-order chi connectivity index (χ0) is 18.8. The number of benzene rings is 1. The molecule has 1 aliphatic rings. The molecule has 0 atom stereocenters. The largest absolute Gasteiger partial charge is 0.489 e. The van der Waals surface area contributed by atoms with E-state index in [2.05, 4.69) is 46.7 Å². The van der Waals surface area contributed by atoms with E-state index >= 15 is 0 Å². The molecule has 0 aromatic heterocycles. The van der Waals surface area contributed by atoms with Crippen molar-refractivity contribution in [3.63, 3.8) is 0 Å². The molecule has 26 heavy (non-hydrogen) atoms. The smallest absolute Gasteiger partial charge is 0.191 e. The van der Waals surface area contributed by atoms with Crippen LogP contribution in [0, 0.1) is 0 Å². The Morgan fingerprint density at radius 2 is 2.08 bits per heavy atom. The second-order valence-corrected chi connectivity index (χ2v) is 6.79. The van der Waals surface area contributed by atoms with Gasteiger partial charge in [-0.15, -0.1) is 0 Å². The quantitative estimate of drug-likeness (QED) is 0.427. The molecular formula is C21H32N4O. The number of aliphatic imine (C=N–C) groups is 1. The van der Waals surface area contributed by atoms with Crippen LogP contribution in [0.25, 0.3) is 0 Å². The summed E-state index contributed by atoms with van der Waals surface area (Å²) in [6, 6.07) is 8.50. The lowest BCUT2D eigenvalue weighted by atomic mass is 10.0. The average molecular weight is 357 g/mol. The maximum atomic E-state index is 5.71. The van der Waals surface area contributed by atoms with Crippen LogP contribution >= 0.6 is 0 Å². The number of nitrogens with one attached hydrogen (secondary N) is 2. The molecule has 142 valence electrons. The van der Waals surface area contributed by atoms with Crippen molar-refractivity contribution in [1.82, 2.24) is 15.5 Å². The van der Waals surface area contributed by atoms with Crippen LogP contribution in [0.3, 0.4) is 0 Å². The van der Waals surface area contributed by atoms with Gasteiger partial charge in [0.25, 0.3) is 0 Å². The number of guanidine groups is 1. The Kier molecular flexibility index (Phi) is 8.22. The molecule has 5 heteroatoms. The lowest BCUT2D eigenvalue weighted by Gasteiger charge is -2.33. The first-order valence-electron chi connectivity index (χ1n) is 9.28. The number of piperidine rings is 1. The molecule has 2 N–H and O–H groups in total. The van der Waals surface area contributed by atoms with Gasteiger partial charge >= 0.3 is 0 Å². The van der Waals surface area contributed by atoms with E-state index in [1.165, 1.54) is 5.57 Å². The SMILES string of the molecule is C=CCOc1ccccc1CNC(=NC)NC1CCN(CC(=C)C)CC1. The Hall–Kier alpha value is -2.27. The standard InChI is InChI=1S/C21H32N4O/c1-5-14-26-20-9-7-6-8-18(20)15-23-21(22-4)24-19-10-12-25(13-11-19)16-17(2)3/h5-9,19H,1-2,10-16H2,3-4H3,(H2,22,23,24). The summed E-state index contributed by atoms with van der Waals surface area (Å²) in [7, 11) is 1.81. The molecule has 2 rings (SSSR count). The van der Waals surface area contributed by atoms with E-state index in [0.717, 1.165) is 49.7 Å². The highest BCUT2D eigenvalue weighted by molar-refractivity contribution is 5.80. The van der Waals surface area contributed by atoms with Crippen molar-refractivity contribution in [2.24, 2.45) is 4.99 Å². The Bertz CT molecular complexity index is 618. The van der Waals surface area contributed by atoms with E-state index in [9.17, 15) is 0 Å². The van der Waals surface area contributed by atoms with Crippen molar-refractivity contribution in [2.75, 3.05) is 33.3 Å². The number of rotatable bonds is 8. The summed E-state index contributed by atoms with van der Waals surface area (Å²) in [6.45, 7) is 14.2. The Balaban J connectivity index is 1.82. The summed E-state index contributed by atoms with van der Waals surface area (Å²) in [4.78, 5) is 6.83. The van der Waals surface area contributed by atoms with Gasteiger partial charge in [-0.2, -0.15) is 0 Å². The Morgan fingerprint density at radius 3 is 2.73 bits per heavy atom. The summed E-state index contributed by atoms with van der Waals surface area (Å²) >= 11 is 0. The lowest BCUT2D eigenvalue weighted by Crippen LogP contribution is -2.48. The van der Waals surface area contributed by atoms with Gasteiger partial charge in [0.1, 0.15) is 12.4 Å². The fraction of sp³-hybridized carbons (Fsp3) is 0.476. The van der Waals surface area contributed by atoms with Crippen molar-refractivity contribution in [2.45, 2.75) is 32.4 Å². The number of hydrogen-bond acceptors (Lipinski definition) is 3. The summed E-state index contributed by atoms with van der Waals surface area (Å²) in [5.74, 6) is 1.71. The minimum absolute atomic E-state index is 0.454. The second kappa shape index (κ2) is 10.7. The number of likely N-dealkylation sites (tertiary alicyclic amines) is 1. The fourth-order valence-electron chi connectivity index (χ4n) is 3.12. The zero-order valence-electron chi connectivity index (χ0n) is 16.1. The summed E-state index contributed by atoms with van der Waals surface area (Å²) in [5, 5.41) is 6.94. The Labute approximate surface area is 157 Å². The highest BCUT2D eigenvalue weighted by atomic mass is 16.5. The van der Waals surface area contributed by atoms with Gasteiger partial charge in [0, 0.05) is 44.8 Å². The molecule has 1 aromatic rings. The third-order valence-electron chi connectivity index (χ3n) is 4.42. The van der Waals surface area contributed by atoms with Crippen LogP contribution in [-0.4, -0.2) is 50.2 Å². The van der Waals surface area contributed by atoms with Crippen molar-refractivity contribution < 1.29 is 4.74 Å². The normalized spacial score (nSPS) is 16.2. The van der Waals surface area contributed by atoms with Gasteiger partial charge in [0.15, 0.2) is 5.96 Å². The van der Waals surface area contributed by atoms with Gasteiger partial charge in [-0.05, 0) is 25.8 Å². The molecule has 0 spiro atoms. The molecule has 1 saturated heterocycles. The monoisotopic (exact) mass is 356 g/mol. The maximum absolute atomic E-state index is 5.71. The highest BCUT2D eigenvalue weighted by Gasteiger charge is 2.19. The molecule has 1 heterocycles. The maximum Gasteiger partial charge on any atom is 0.191 e. The molecule has 5 nitrogen and oxygen atoms in total. The van der Waals surface area contributed by atoms with Gasteiger partial charge in [-0.25, -0.2) is 0 Å². The fourth-order valence-corrected chi connectivity index (χ4v) is 3.12. The van der Waals surface area contributed by atoms with Gasteiger partial charge < -0.3 is 15.4 Å². The predicted molar refractivity (Wildman–Crippen MR) is 110 cm³/mol. The van der Waals surface area contributed by atoms with Crippen molar-refractivity contribution in [1.29, 1.82) is 0 Å². The first kappa shape index (κ1) is 20.0. The summed E-state index contributed by atoms with van der Waals surface area (Å²) < 4.78 is 5.71. The third kappa shape index (κ3) is 6.56. The number of nitrogens with zero attached hydrogens (tertiary/aromatic N) is 2. The minimum atomic E-state index is 0.454. The second-order valence-electron chi connectivity index (χ2n) is 6.79. The molecule has 0 bridgehead atoms. The number of ether oxygens (including phenoxy) is 1. The van der Waals surface area contributed by atoms with Gasteiger partial charge in [0.2, 0.25) is 0 Å². The van der Waals surface area contributed by atoms with Crippen molar-refractivity contribution in [3.8, 4) is 5.75 Å². The minimum Gasteiger partial charge on any atom is -0.489 e. The molecule has 0 unspecified atom stereocenters. The molecule has 0 radical (unpaired) electrons. The van der Waals surface area contributed by atoms with Crippen LogP contribution in [0.4, 0.5) is 0 Å². The van der Waals surface area contributed by atoms with Crippen LogP contribution in [0.1, 0.15) is 25.3 Å². The van der Waals surface area contributed by atoms with Crippen molar-refractivity contribution >= 4 is 5.96 Å². The molecule has 1 aromatic carbocycles. The van der Waals surface area contributed by atoms with E-state index in [4.69, 9.17) is 4.74 Å². The molecule has 1 aliphatic heterocycles. The molecule has 0 aliphatic carbocycles. The van der Waals surface area contributed by atoms with E-state index in [0.29, 0.717) is 19.2 Å². The van der Waals surface area contributed by atoms with Gasteiger partial charge in [-0.1, -0.05) is 43.0 Å². The first-order chi connectivity index (χ1) is 12.6. The van der Waals surface area contributed by atoms with E-state index in [1.807, 2.05) is 25.2 Å². The number of para-hydroxylation sites is 1. The first-order valence-corrected chi connectivity index (χ1v) is 9.28. The molecular weight excluding hydrogens is 324 g/mol. The van der Waals surface area contributed by atoms with Gasteiger partial charge in [0.05, 0.1) is 0 Å². The zero-order valence-corrected chi connectivity index (χ0v) is 16.1. The number of hydrogen-bond donors (Lipinski definition) is 2. The van der Waals surface area contributed by atoms with E-state index in [1.54, 1.807) is 6.08 Å². The van der Waals surface area contributed by atoms with E-state index < -0.39 is 0 Å².